The molecule has 1 aliphatic rings. The van der Waals surface area contributed by atoms with E-state index >= 15 is 0 Å². The summed E-state index contributed by atoms with van der Waals surface area (Å²) in [5.41, 5.74) is 1.37. The molecule has 0 saturated heterocycles. The standard InChI is InChI=1S/C13H12I2O3/c1-7(2)13(16)18-11-3-4-17-12-9(11)5-8(14)6-10(12)15/h5-6,11H,1,3-4H2,2H3. The molecule has 1 aromatic rings. The smallest absolute Gasteiger partial charge is 0.333 e. The Morgan fingerprint density at radius 3 is 2.89 bits per heavy atom. The summed E-state index contributed by atoms with van der Waals surface area (Å²) in [6, 6.07) is 4.05. The maximum Gasteiger partial charge on any atom is 0.333 e. The van der Waals surface area contributed by atoms with Gasteiger partial charge < -0.3 is 9.47 Å². The number of esters is 1. The summed E-state index contributed by atoms with van der Waals surface area (Å²) in [5.74, 6) is 0.489. The number of fused-ring (bicyclic) bond motifs is 1. The molecule has 5 heteroatoms. The van der Waals surface area contributed by atoms with Crippen LogP contribution in [0.5, 0.6) is 5.75 Å². The zero-order valence-electron chi connectivity index (χ0n) is 9.83. The number of rotatable bonds is 2. The third-order valence-corrected chi connectivity index (χ3v) is 4.03. The van der Waals surface area contributed by atoms with Gasteiger partial charge in [0.25, 0.3) is 0 Å². The van der Waals surface area contributed by atoms with Gasteiger partial charge in [0.2, 0.25) is 0 Å². The van der Waals surface area contributed by atoms with Crippen LogP contribution in [-0.2, 0) is 9.53 Å². The molecule has 96 valence electrons. The lowest BCUT2D eigenvalue weighted by molar-refractivity contribution is -0.145. The normalized spacial score (nSPS) is 17.6. The highest BCUT2D eigenvalue weighted by atomic mass is 127. The summed E-state index contributed by atoms with van der Waals surface area (Å²) in [5, 5.41) is 0. The van der Waals surface area contributed by atoms with E-state index < -0.39 is 0 Å². The van der Waals surface area contributed by atoms with E-state index in [1.807, 2.05) is 12.1 Å². The first kappa shape index (κ1) is 14.1. The molecule has 0 N–H and O–H groups in total. The van der Waals surface area contributed by atoms with Gasteiger partial charge in [-0.2, -0.15) is 0 Å². The van der Waals surface area contributed by atoms with Crippen molar-refractivity contribution in [2.75, 3.05) is 6.61 Å². The van der Waals surface area contributed by atoms with E-state index in [0.29, 0.717) is 18.6 Å². The van der Waals surface area contributed by atoms with Crippen LogP contribution in [0.2, 0.25) is 0 Å². The quantitative estimate of drug-likeness (QED) is 0.375. The van der Waals surface area contributed by atoms with Gasteiger partial charge in [-0.15, -0.1) is 0 Å². The lowest BCUT2D eigenvalue weighted by atomic mass is 10.0. The highest BCUT2D eigenvalue weighted by Gasteiger charge is 2.27. The Kier molecular flexibility index (Phi) is 4.52. The van der Waals surface area contributed by atoms with E-state index in [9.17, 15) is 4.79 Å². The van der Waals surface area contributed by atoms with E-state index in [1.165, 1.54) is 0 Å². The third kappa shape index (κ3) is 2.98. The van der Waals surface area contributed by atoms with Gasteiger partial charge in [-0.3, -0.25) is 0 Å². The summed E-state index contributed by atoms with van der Waals surface area (Å²) >= 11 is 4.49. The number of carbonyl (C=O) groups excluding carboxylic acids is 1. The van der Waals surface area contributed by atoms with Gasteiger partial charge in [0.1, 0.15) is 11.9 Å². The van der Waals surface area contributed by atoms with Gasteiger partial charge in [-0.1, -0.05) is 6.58 Å². The Hall–Kier alpha value is -0.310. The lowest BCUT2D eigenvalue weighted by Gasteiger charge is -2.27. The molecule has 1 atom stereocenters. The molecule has 0 amide bonds. The van der Waals surface area contributed by atoms with Crippen molar-refractivity contribution < 1.29 is 14.3 Å². The highest BCUT2D eigenvalue weighted by molar-refractivity contribution is 14.1. The third-order valence-electron chi connectivity index (χ3n) is 2.61. The lowest BCUT2D eigenvalue weighted by Crippen LogP contribution is -2.20. The fraction of sp³-hybridized carbons (Fsp3) is 0.308. The molecule has 0 aromatic heterocycles. The Balaban J connectivity index is 2.33. The fourth-order valence-corrected chi connectivity index (χ4v) is 3.79. The summed E-state index contributed by atoms with van der Waals surface area (Å²) in [6.45, 7) is 5.82. The molecule has 0 spiro atoms. The number of halogens is 2. The van der Waals surface area contributed by atoms with Crippen LogP contribution in [0.1, 0.15) is 25.0 Å². The van der Waals surface area contributed by atoms with E-state index in [4.69, 9.17) is 9.47 Å². The van der Waals surface area contributed by atoms with Gasteiger partial charge in [0.15, 0.2) is 0 Å². The van der Waals surface area contributed by atoms with Crippen LogP contribution in [-0.4, -0.2) is 12.6 Å². The van der Waals surface area contributed by atoms with E-state index in [0.717, 1.165) is 18.5 Å². The van der Waals surface area contributed by atoms with Crippen molar-refractivity contribution in [1.29, 1.82) is 0 Å². The molecule has 1 unspecified atom stereocenters. The van der Waals surface area contributed by atoms with Crippen molar-refractivity contribution in [2.45, 2.75) is 19.4 Å². The van der Waals surface area contributed by atoms with Crippen LogP contribution >= 0.6 is 45.2 Å². The van der Waals surface area contributed by atoms with E-state index in [2.05, 4.69) is 51.8 Å². The minimum absolute atomic E-state index is 0.235. The molecule has 0 aliphatic carbocycles. The molecule has 0 fully saturated rings. The Labute approximate surface area is 133 Å². The molecule has 18 heavy (non-hydrogen) atoms. The second kappa shape index (κ2) is 5.77. The average molecular weight is 470 g/mol. The first-order chi connectivity index (χ1) is 8.49. The maximum absolute atomic E-state index is 11.6. The second-order valence-corrected chi connectivity index (χ2v) is 6.53. The molecule has 0 saturated carbocycles. The highest BCUT2D eigenvalue weighted by Crippen LogP contribution is 2.39. The summed E-state index contributed by atoms with van der Waals surface area (Å²) in [4.78, 5) is 11.6. The molecule has 1 aromatic carbocycles. The number of ether oxygens (including phenoxy) is 2. The summed E-state index contributed by atoms with van der Waals surface area (Å²) < 4.78 is 13.3. The topological polar surface area (TPSA) is 35.5 Å². The van der Waals surface area contributed by atoms with E-state index in [-0.39, 0.29) is 12.1 Å². The zero-order chi connectivity index (χ0) is 13.3. The molecular formula is C13H12I2O3. The minimum Gasteiger partial charge on any atom is -0.492 e. The van der Waals surface area contributed by atoms with Crippen LogP contribution in [0, 0.1) is 7.14 Å². The minimum atomic E-state index is -0.346. The zero-order valence-corrected chi connectivity index (χ0v) is 14.1. The molecular weight excluding hydrogens is 458 g/mol. The summed E-state index contributed by atoms with van der Waals surface area (Å²) in [6.07, 6.45) is 0.448. The predicted molar refractivity (Wildman–Crippen MR) is 85.6 cm³/mol. The van der Waals surface area contributed by atoms with Crippen molar-refractivity contribution in [3.8, 4) is 5.75 Å². The molecule has 0 bridgehead atoms. The Morgan fingerprint density at radius 1 is 1.50 bits per heavy atom. The van der Waals surface area contributed by atoms with E-state index in [1.54, 1.807) is 6.92 Å². The molecule has 3 nitrogen and oxygen atoms in total. The van der Waals surface area contributed by atoms with Crippen LogP contribution < -0.4 is 4.74 Å². The second-order valence-electron chi connectivity index (χ2n) is 4.12. The Morgan fingerprint density at radius 2 is 2.22 bits per heavy atom. The molecule has 1 heterocycles. The first-order valence-electron chi connectivity index (χ1n) is 5.47. The first-order valence-corrected chi connectivity index (χ1v) is 7.63. The molecule has 1 aliphatic heterocycles. The number of hydrogen-bond donors (Lipinski definition) is 0. The van der Waals surface area contributed by atoms with Crippen molar-refractivity contribution in [3.05, 3.63) is 37.0 Å². The van der Waals surface area contributed by atoms with Crippen molar-refractivity contribution in [1.82, 2.24) is 0 Å². The predicted octanol–water partition coefficient (Wildman–Crippen LogP) is 3.84. The van der Waals surface area contributed by atoms with Gasteiger partial charge in [-0.05, 0) is 64.2 Å². The van der Waals surface area contributed by atoms with Crippen molar-refractivity contribution in [2.24, 2.45) is 0 Å². The van der Waals surface area contributed by atoms with Gasteiger partial charge in [0, 0.05) is 21.1 Å². The van der Waals surface area contributed by atoms with Gasteiger partial charge in [-0.25, -0.2) is 4.79 Å². The largest absolute Gasteiger partial charge is 0.492 e. The fourth-order valence-electron chi connectivity index (χ4n) is 1.75. The van der Waals surface area contributed by atoms with Gasteiger partial charge in [0.05, 0.1) is 10.2 Å². The molecule has 2 rings (SSSR count). The van der Waals surface area contributed by atoms with Gasteiger partial charge >= 0.3 is 5.97 Å². The number of hydrogen-bond acceptors (Lipinski definition) is 3. The maximum atomic E-state index is 11.6. The van der Waals surface area contributed by atoms with Crippen molar-refractivity contribution in [3.63, 3.8) is 0 Å². The average Bonchev–Trinajstić information content (AvgIpc) is 2.29. The monoisotopic (exact) mass is 470 g/mol. The number of carbonyl (C=O) groups is 1. The summed E-state index contributed by atoms with van der Waals surface area (Å²) in [7, 11) is 0. The van der Waals surface area contributed by atoms with Crippen LogP contribution in [0.3, 0.4) is 0 Å². The van der Waals surface area contributed by atoms with Crippen LogP contribution in [0.25, 0.3) is 0 Å². The molecule has 0 radical (unpaired) electrons. The van der Waals surface area contributed by atoms with Crippen LogP contribution in [0.15, 0.2) is 24.3 Å². The van der Waals surface area contributed by atoms with Crippen molar-refractivity contribution >= 4 is 51.2 Å². The SMILES string of the molecule is C=C(C)C(=O)OC1CCOc2c(I)cc(I)cc21. The Bertz CT molecular complexity index is 511. The number of benzene rings is 1. The van der Waals surface area contributed by atoms with Crippen LogP contribution in [0.4, 0.5) is 0 Å².